The van der Waals surface area contributed by atoms with Crippen molar-refractivity contribution in [3.05, 3.63) is 95.1 Å². The molecule has 0 bridgehead atoms. The van der Waals surface area contributed by atoms with Gasteiger partial charge in [-0.2, -0.15) is 0 Å². The maximum atomic E-state index is 13.4. The molecule has 1 aliphatic rings. The number of carbonyl (C=O) groups is 1. The molecule has 0 radical (unpaired) electrons. The Kier molecular flexibility index (Phi) is 10.0. The van der Waals surface area contributed by atoms with Crippen molar-refractivity contribution in [3.63, 3.8) is 0 Å². The Morgan fingerprint density at radius 1 is 0.865 bits per heavy atom. The molecule has 0 spiro atoms. The summed E-state index contributed by atoms with van der Waals surface area (Å²) in [6.45, 7) is 9.13. The molecule has 3 aromatic carbocycles. The van der Waals surface area contributed by atoms with Crippen LogP contribution in [0.25, 0.3) is 0 Å². The smallest absolute Gasteiger partial charge is 0.227 e. The first-order chi connectivity index (χ1) is 18.1. The summed E-state index contributed by atoms with van der Waals surface area (Å²) in [5, 5.41) is 0. The quantitative estimate of drug-likeness (QED) is 0.414. The van der Waals surface area contributed by atoms with Crippen LogP contribution >= 0.6 is 0 Å². The van der Waals surface area contributed by atoms with Gasteiger partial charge in [0.1, 0.15) is 0 Å². The van der Waals surface area contributed by atoms with Crippen LogP contribution in [0.4, 0.5) is 0 Å². The van der Waals surface area contributed by atoms with Crippen LogP contribution in [-0.2, 0) is 24.3 Å². The molecule has 37 heavy (non-hydrogen) atoms. The van der Waals surface area contributed by atoms with E-state index in [1.54, 1.807) is 0 Å². The van der Waals surface area contributed by atoms with E-state index in [2.05, 4.69) is 71.3 Å². The van der Waals surface area contributed by atoms with Gasteiger partial charge in [0.2, 0.25) is 5.91 Å². The molecule has 196 valence electrons. The van der Waals surface area contributed by atoms with Crippen molar-refractivity contribution in [1.82, 2.24) is 9.80 Å². The Morgan fingerprint density at radius 3 is 2.46 bits per heavy atom. The first kappa shape index (κ1) is 26.7. The summed E-state index contributed by atoms with van der Waals surface area (Å²) in [4.78, 5) is 17.9. The molecule has 0 N–H and O–H groups in total. The standard InChI is InChI=1S/C32H40N2O3/c1-3-36-30-14-10-13-29-25-33(24-28-11-6-4-7-12-28)20-21-34(19-8-5-9-22-37-32(29)30)31(35)23-27-17-15-26(2)16-18-27/h4,6-7,10-18H,3,5,8-9,19-25H2,1-2H3. The average Bonchev–Trinajstić information content (AvgIpc) is 2.92. The van der Waals surface area contributed by atoms with E-state index >= 15 is 0 Å². The van der Waals surface area contributed by atoms with Crippen LogP contribution in [0.2, 0.25) is 0 Å². The SMILES string of the molecule is CCOc1cccc2c1OCCCCCN(C(=O)Cc1ccc(C)cc1)CCN(Cc1ccccc1)C2. The Balaban J connectivity index is 1.56. The van der Waals surface area contributed by atoms with Gasteiger partial charge in [-0.1, -0.05) is 72.3 Å². The van der Waals surface area contributed by atoms with Crippen LogP contribution in [-0.4, -0.2) is 48.6 Å². The van der Waals surface area contributed by atoms with Crippen LogP contribution in [0.1, 0.15) is 48.4 Å². The maximum Gasteiger partial charge on any atom is 0.227 e. The van der Waals surface area contributed by atoms with E-state index in [9.17, 15) is 4.79 Å². The molecular formula is C32H40N2O3. The zero-order valence-electron chi connectivity index (χ0n) is 22.3. The molecule has 3 aromatic rings. The lowest BCUT2D eigenvalue weighted by molar-refractivity contribution is -0.130. The summed E-state index contributed by atoms with van der Waals surface area (Å²) in [5.74, 6) is 1.87. The molecule has 0 aliphatic carbocycles. The van der Waals surface area contributed by atoms with Crippen molar-refractivity contribution in [2.45, 2.75) is 52.6 Å². The number of fused-ring (bicyclic) bond motifs is 1. The first-order valence-electron chi connectivity index (χ1n) is 13.6. The molecule has 0 atom stereocenters. The van der Waals surface area contributed by atoms with E-state index in [-0.39, 0.29) is 5.91 Å². The van der Waals surface area contributed by atoms with Crippen molar-refractivity contribution < 1.29 is 14.3 Å². The first-order valence-corrected chi connectivity index (χ1v) is 13.6. The number of hydrogen-bond donors (Lipinski definition) is 0. The van der Waals surface area contributed by atoms with E-state index in [1.807, 2.05) is 25.1 Å². The second-order valence-electron chi connectivity index (χ2n) is 9.83. The molecule has 0 saturated carbocycles. The van der Waals surface area contributed by atoms with Crippen LogP contribution < -0.4 is 9.47 Å². The highest BCUT2D eigenvalue weighted by Gasteiger charge is 2.19. The number of para-hydroxylation sites is 1. The van der Waals surface area contributed by atoms with Crippen LogP contribution in [0.15, 0.2) is 72.8 Å². The Morgan fingerprint density at radius 2 is 1.68 bits per heavy atom. The Hall–Kier alpha value is -3.31. The number of nitrogens with zero attached hydrogens (tertiary/aromatic N) is 2. The van der Waals surface area contributed by atoms with Crippen molar-refractivity contribution in [2.75, 3.05) is 32.8 Å². The lowest BCUT2D eigenvalue weighted by atomic mass is 10.1. The van der Waals surface area contributed by atoms with Gasteiger partial charge in [0.25, 0.3) is 0 Å². The highest BCUT2D eigenvalue weighted by molar-refractivity contribution is 5.78. The van der Waals surface area contributed by atoms with Gasteiger partial charge < -0.3 is 14.4 Å². The van der Waals surface area contributed by atoms with Crippen LogP contribution in [0, 0.1) is 6.92 Å². The van der Waals surface area contributed by atoms with Gasteiger partial charge in [0.15, 0.2) is 11.5 Å². The average molecular weight is 501 g/mol. The third-order valence-electron chi connectivity index (χ3n) is 6.84. The minimum atomic E-state index is 0.202. The maximum absolute atomic E-state index is 13.4. The van der Waals surface area contributed by atoms with Gasteiger partial charge in [-0.05, 0) is 50.3 Å². The zero-order valence-corrected chi connectivity index (χ0v) is 22.3. The minimum Gasteiger partial charge on any atom is -0.490 e. The Bertz CT molecular complexity index is 1110. The van der Waals surface area contributed by atoms with Crippen molar-refractivity contribution >= 4 is 5.91 Å². The van der Waals surface area contributed by atoms with E-state index in [4.69, 9.17) is 9.47 Å². The molecule has 5 heteroatoms. The van der Waals surface area contributed by atoms with Crippen molar-refractivity contribution in [2.24, 2.45) is 0 Å². The molecule has 1 amide bonds. The molecule has 0 saturated heterocycles. The zero-order chi connectivity index (χ0) is 25.9. The third kappa shape index (κ3) is 8.09. The highest BCUT2D eigenvalue weighted by atomic mass is 16.5. The fourth-order valence-corrected chi connectivity index (χ4v) is 4.79. The van der Waals surface area contributed by atoms with E-state index in [0.29, 0.717) is 26.2 Å². The lowest BCUT2D eigenvalue weighted by Crippen LogP contribution is -2.39. The van der Waals surface area contributed by atoms with E-state index < -0.39 is 0 Å². The summed E-state index contributed by atoms with van der Waals surface area (Å²) >= 11 is 0. The number of aryl methyl sites for hydroxylation is 1. The number of amides is 1. The van der Waals surface area contributed by atoms with E-state index in [0.717, 1.165) is 68.1 Å². The highest BCUT2D eigenvalue weighted by Crippen LogP contribution is 2.33. The predicted octanol–water partition coefficient (Wildman–Crippen LogP) is 6.03. The second-order valence-corrected chi connectivity index (χ2v) is 9.83. The monoisotopic (exact) mass is 500 g/mol. The fraction of sp³-hybridized carbons (Fsp3) is 0.406. The number of benzene rings is 3. The summed E-state index contributed by atoms with van der Waals surface area (Å²) in [7, 11) is 0. The van der Waals surface area contributed by atoms with Crippen molar-refractivity contribution in [1.29, 1.82) is 0 Å². The summed E-state index contributed by atoms with van der Waals surface area (Å²) in [6.07, 6.45) is 3.39. The largest absolute Gasteiger partial charge is 0.490 e. The van der Waals surface area contributed by atoms with Gasteiger partial charge in [-0.25, -0.2) is 0 Å². The molecule has 4 rings (SSSR count). The molecule has 0 fully saturated rings. The topological polar surface area (TPSA) is 42.0 Å². The summed E-state index contributed by atoms with van der Waals surface area (Å²) in [5.41, 5.74) is 4.67. The third-order valence-corrected chi connectivity index (χ3v) is 6.84. The van der Waals surface area contributed by atoms with Crippen molar-refractivity contribution in [3.8, 4) is 11.5 Å². The molecule has 1 heterocycles. The number of hydrogen-bond acceptors (Lipinski definition) is 4. The molecule has 0 aromatic heterocycles. The lowest BCUT2D eigenvalue weighted by Gasteiger charge is -2.29. The molecular weight excluding hydrogens is 460 g/mol. The molecule has 0 unspecified atom stereocenters. The Labute approximate surface area is 222 Å². The molecule has 1 aliphatic heterocycles. The number of carbonyl (C=O) groups excluding carboxylic acids is 1. The predicted molar refractivity (Wildman–Crippen MR) is 149 cm³/mol. The number of rotatable bonds is 6. The van der Waals surface area contributed by atoms with E-state index in [1.165, 1.54) is 11.1 Å². The van der Waals surface area contributed by atoms with Gasteiger partial charge in [0, 0.05) is 38.3 Å². The fourth-order valence-electron chi connectivity index (χ4n) is 4.79. The van der Waals surface area contributed by atoms with Gasteiger partial charge in [-0.3, -0.25) is 9.69 Å². The second kappa shape index (κ2) is 13.8. The van der Waals surface area contributed by atoms with Gasteiger partial charge in [-0.15, -0.1) is 0 Å². The normalized spacial score (nSPS) is 15.5. The minimum absolute atomic E-state index is 0.202. The number of ether oxygens (including phenoxy) is 2. The summed E-state index contributed by atoms with van der Waals surface area (Å²) < 4.78 is 12.2. The summed E-state index contributed by atoms with van der Waals surface area (Å²) in [6, 6.07) is 25.0. The van der Waals surface area contributed by atoms with Gasteiger partial charge >= 0.3 is 0 Å². The van der Waals surface area contributed by atoms with Gasteiger partial charge in [0.05, 0.1) is 19.6 Å². The molecule has 5 nitrogen and oxygen atoms in total. The van der Waals surface area contributed by atoms with Crippen LogP contribution in [0.5, 0.6) is 11.5 Å². The van der Waals surface area contributed by atoms with Crippen LogP contribution in [0.3, 0.4) is 0 Å².